The third kappa shape index (κ3) is 2.93. The van der Waals surface area contributed by atoms with E-state index in [1.54, 1.807) is 6.07 Å². The molecular formula is C12H19NO3S2. The average molecular weight is 289 g/mol. The standard InChI is InChI=1S/C12H19NO3S2/c1-9-7-11(17-10(9)2)18(15,16)13-8-12(14)5-3-4-6-12/h7,13-14H,3-6,8H2,1-2H3. The van der Waals surface area contributed by atoms with E-state index in [1.165, 1.54) is 11.3 Å². The second-order valence-corrected chi connectivity index (χ2v) is 8.31. The predicted molar refractivity (Wildman–Crippen MR) is 72.4 cm³/mol. The van der Waals surface area contributed by atoms with Crippen molar-refractivity contribution in [3.8, 4) is 0 Å². The Morgan fingerprint density at radius 3 is 2.50 bits per heavy atom. The minimum absolute atomic E-state index is 0.116. The first-order valence-corrected chi connectivity index (χ1v) is 8.41. The molecule has 1 fully saturated rings. The van der Waals surface area contributed by atoms with E-state index < -0.39 is 15.6 Å². The van der Waals surface area contributed by atoms with Crippen molar-refractivity contribution >= 4 is 21.4 Å². The lowest BCUT2D eigenvalue weighted by molar-refractivity contribution is 0.0532. The van der Waals surface area contributed by atoms with Crippen LogP contribution in [0, 0.1) is 13.8 Å². The third-order valence-electron chi connectivity index (χ3n) is 3.53. The number of aliphatic hydroxyl groups is 1. The van der Waals surface area contributed by atoms with Crippen LogP contribution in [0.25, 0.3) is 0 Å². The highest BCUT2D eigenvalue weighted by molar-refractivity contribution is 7.91. The van der Waals surface area contributed by atoms with Crippen LogP contribution in [0.4, 0.5) is 0 Å². The van der Waals surface area contributed by atoms with Gasteiger partial charge in [-0.1, -0.05) is 12.8 Å². The van der Waals surface area contributed by atoms with Gasteiger partial charge in [-0.25, -0.2) is 13.1 Å². The zero-order valence-corrected chi connectivity index (χ0v) is 12.3. The molecule has 0 unspecified atom stereocenters. The van der Waals surface area contributed by atoms with Crippen LogP contribution in [0.1, 0.15) is 36.1 Å². The number of sulfonamides is 1. The fourth-order valence-electron chi connectivity index (χ4n) is 2.18. The van der Waals surface area contributed by atoms with Gasteiger partial charge in [0.25, 0.3) is 0 Å². The molecule has 1 heterocycles. The summed E-state index contributed by atoms with van der Waals surface area (Å²) in [5, 5.41) is 10.1. The van der Waals surface area contributed by atoms with Gasteiger partial charge < -0.3 is 5.11 Å². The van der Waals surface area contributed by atoms with E-state index >= 15 is 0 Å². The summed E-state index contributed by atoms with van der Waals surface area (Å²) in [6, 6.07) is 1.68. The summed E-state index contributed by atoms with van der Waals surface area (Å²) in [5.41, 5.74) is 0.133. The quantitative estimate of drug-likeness (QED) is 0.890. The van der Waals surface area contributed by atoms with Crippen LogP contribution >= 0.6 is 11.3 Å². The van der Waals surface area contributed by atoms with Gasteiger partial charge in [-0.2, -0.15) is 0 Å². The van der Waals surface area contributed by atoms with Crippen molar-refractivity contribution in [2.45, 2.75) is 49.3 Å². The van der Waals surface area contributed by atoms with Crippen molar-refractivity contribution in [3.63, 3.8) is 0 Å². The normalized spacial score (nSPS) is 19.3. The van der Waals surface area contributed by atoms with Crippen LogP contribution < -0.4 is 4.72 Å². The zero-order chi connectivity index (χ0) is 13.4. The first-order chi connectivity index (χ1) is 8.32. The first kappa shape index (κ1) is 14.0. The van der Waals surface area contributed by atoms with Crippen LogP contribution in [0.2, 0.25) is 0 Å². The Hall–Kier alpha value is -0.430. The molecule has 6 heteroatoms. The molecule has 1 aliphatic carbocycles. The number of hydrogen-bond acceptors (Lipinski definition) is 4. The molecule has 1 saturated carbocycles. The van der Waals surface area contributed by atoms with E-state index in [4.69, 9.17) is 0 Å². The molecular weight excluding hydrogens is 270 g/mol. The molecule has 0 radical (unpaired) electrons. The fourth-order valence-corrected chi connectivity index (χ4v) is 4.86. The monoisotopic (exact) mass is 289 g/mol. The van der Waals surface area contributed by atoms with E-state index in [1.807, 2.05) is 13.8 Å². The predicted octanol–water partition coefficient (Wildman–Crippen LogP) is 1.95. The van der Waals surface area contributed by atoms with Crippen molar-refractivity contribution < 1.29 is 13.5 Å². The lowest BCUT2D eigenvalue weighted by Gasteiger charge is -2.21. The molecule has 0 saturated heterocycles. The number of aryl methyl sites for hydroxylation is 2. The summed E-state index contributed by atoms with van der Waals surface area (Å²) in [7, 11) is -3.48. The van der Waals surface area contributed by atoms with E-state index in [0.717, 1.165) is 23.3 Å². The maximum Gasteiger partial charge on any atom is 0.250 e. The van der Waals surface area contributed by atoms with Crippen LogP contribution in [0.5, 0.6) is 0 Å². The maximum absolute atomic E-state index is 12.1. The van der Waals surface area contributed by atoms with E-state index in [0.29, 0.717) is 17.1 Å². The summed E-state index contributed by atoms with van der Waals surface area (Å²) in [5.74, 6) is 0. The molecule has 18 heavy (non-hydrogen) atoms. The summed E-state index contributed by atoms with van der Waals surface area (Å²) in [4.78, 5) is 1.01. The third-order valence-corrected chi connectivity index (χ3v) is 6.56. The molecule has 1 aromatic heterocycles. The molecule has 102 valence electrons. The molecule has 1 aliphatic rings. The number of rotatable bonds is 4. The van der Waals surface area contributed by atoms with Crippen molar-refractivity contribution in [3.05, 3.63) is 16.5 Å². The highest BCUT2D eigenvalue weighted by Crippen LogP contribution is 2.30. The van der Waals surface area contributed by atoms with Gasteiger partial charge in [-0.05, 0) is 38.3 Å². The SMILES string of the molecule is Cc1cc(S(=O)(=O)NCC2(O)CCCC2)sc1C. The lowest BCUT2D eigenvalue weighted by atomic mass is 10.0. The molecule has 0 bridgehead atoms. The molecule has 4 nitrogen and oxygen atoms in total. The van der Waals surface area contributed by atoms with E-state index in [-0.39, 0.29) is 6.54 Å². The van der Waals surface area contributed by atoms with Crippen molar-refractivity contribution in [2.75, 3.05) is 6.54 Å². The van der Waals surface area contributed by atoms with Crippen LogP contribution in [0.3, 0.4) is 0 Å². The molecule has 2 rings (SSSR count). The minimum atomic E-state index is -3.48. The van der Waals surface area contributed by atoms with Gasteiger partial charge >= 0.3 is 0 Å². The Morgan fingerprint density at radius 1 is 1.39 bits per heavy atom. The van der Waals surface area contributed by atoms with Crippen molar-refractivity contribution in [2.24, 2.45) is 0 Å². The molecule has 2 N–H and O–H groups in total. The Morgan fingerprint density at radius 2 is 2.00 bits per heavy atom. The molecule has 0 amide bonds. The van der Waals surface area contributed by atoms with Crippen LogP contribution in [0.15, 0.2) is 10.3 Å². The second kappa shape index (κ2) is 4.92. The zero-order valence-electron chi connectivity index (χ0n) is 10.7. The largest absolute Gasteiger partial charge is 0.389 e. The van der Waals surface area contributed by atoms with Gasteiger partial charge in [0, 0.05) is 11.4 Å². The van der Waals surface area contributed by atoms with Crippen molar-refractivity contribution in [1.82, 2.24) is 4.72 Å². The van der Waals surface area contributed by atoms with Gasteiger partial charge in [0.15, 0.2) is 0 Å². The van der Waals surface area contributed by atoms with E-state index in [9.17, 15) is 13.5 Å². The Labute approximate surface area is 112 Å². The molecule has 1 aromatic rings. The molecule has 0 aromatic carbocycles. The lowest BCUT2D eigenvalue weighted by Crippen LogP contribution is -2.40. The molecule has 0 spiro atoms. The second-order valence-electron chi connectivity index (χ2n) is 5.06. The highest BCUT2D eigenvalue weighted by atomic mass is 32.2. The Bertz CT molecular complexity index is 508. The van der Waals surface area contributed by atoms with Gasteiger partial charge in [-0.15, -0.1) is 11.3 Å². The van der Waals surface area contributed by atoms with Gasteiger partial charge in [0.05, 0.1) is 5.60 Å². The summed E-state index contributed by atoms with van der Waals surface area (Å²) < 4.78 is 27.0. The Kier molecular flexibility index (Phi) is 3.82. The smallest absolute Gasteiger partial charge is 0.250 e. The fraction of sp³-hybridized carbons (Fsp3) is 0.667. The maximum atomic E-state index is 12.1. The summed E-state index contributed by atoms with van der Waals surface area (Å²) in [6.07, 6.45) is 3.29. The highest BCUT2D eigenvalue weighted by Gasteiger charge is 2.32. The summed E-state index contributed by atoms with van der Waals surface area (Å²) in [6.45, 7) is 3.92. The number of hydrogen-bond donors (Lipinski definition) is 2. The van der Waals surface area contributed by atoms with Crippen molar-refractivity contribution in [1.29, 1.82) is 0 Å². The topological polar surface area (TPSA) is 66.4 Å². The van der Waals surface area contributed by atoms with Gasteiger partial charge in [0.1, 0.15) is 4.21 Å². The Balaban J connectivity index is 2.08. The van der Waals surface area contributed by atoms with Gasteiger partial charge in [0.2, 0.25) is 10.0 Å². The minimum Gasteiger partial charge on any atom is -0.389 e. The summed E-state index contributed by atoms with van der Waals surface area (Å²) >= 11 is 1.27. The average Bonchev–Trinajstić information content (AvgIpc) is 2.86. The van der Waals surface area contributed by atoms with E-state index in [2.05, 4.69) is 4.72 Å². The number of nitrogens with one attached hydrogen (secondary N) is 1. The van der Waals surface area contributed by atoms with Gasteiger partial charge in [-0.3, -0.25) is 0 Å². The first-order valence-electron chi connectivity index (χ1n) is 6.12. The molecule has 0 atom stereocenters. The molecule has 0 aliphatic heterocycles. The van der Waals surface area contributed by atoms with Crippen LogP contribution in [-0.2, 0) is 10.0 Å². The number of thiophene rings is 1. The van der Waals surface area contributed by atoms with Crippen LogP contribution in [-0.4, -0.2) is 25.7 Å².